The van der Waals surface area contributed by atoms with Gasteiger partial charge in [-0.05, 0) is 26.0 Å². The Morgan fingerprint density at radius 3 is 2.77 bits per heavy atom. The quantitative estimate of drug-likeness (QED) is 0.693. The van der Waals surface area contributed by atoms with Crippen LogP contribution < -0.4 is 5.32 Å². The minimum absolute atomic E-state index is 0.0267. The molecule has 1 N–H and O–H groups in total. The number of anilines is 1. The summed E-state index contributed by atoms with van der Waals surface area (Å²) in [5.74, 6) is -0.299. The average molecular weight is 316 g/mol. The second-order valence-electron chi connectivity index (χ2n) is 4.46. The number of aromatic nitrogens is 2. The lowest BCUT2D eigenvalue weighted by atomic mass is 10.3. The van der Waals surface area contributed by atoms with Crippen molar-refractivity contribution in [3.8, 4) is 6.07 Å². The van der Waals surface area contributed by atoms with Crippen LogP contribution in [-0.2, 0) is 4.79 Å². The predicted molar refractivity (Wildman–Crippen MR) is 82.0 cm³/mol. The molecule has 0 fully saturated rings. The first-order valence-corrected chi connectivity index (χ1v) is 7.42. The number of hydrogen-bond donors (Lipinski definition) is 1. The van der Waals surface area contributed by atoms with Crippen LogP contribution in [0, 0.1) is 31.0 Å². The molecule has 0 saturated carbocycles. The number of halogens is 1. The molecule has 1 amide bonds. The first-order chi connectivity index (χ1) is 10.5. The number of nitrogens with one attached hydrogen (secondary N) is 1. The number of carbonyl (C=O) groups excluding carboxylic acids is 1. The lowest BCUT2D eigenvalue weighted by Crippen LogP contribution is -2.15. The first kappa shape index (κ1) is 15.9. The summed E-state index contributed by atoms with van der Waals surface area (Å²) in [6.45, 7) is 3.44. The highest BCUT2D eigenvalue weighted by atomic mass is 32.2. The molecule has 1 aromatic heterocycles. The summed E-state index contributed by atoms with van der Waals surface area (Å²) >= 11 is 1.13. The number of nitriles is 1. The van der Waals surface area contributed by atoms with Crippen LogP contribution in [-0.4, -0.2) is 21.6 Å². The number of nitrogens with zero attached hydrogens (tertiary/aromatic N) is 3. The van der Waals surface area contributed by atoms with Gasteiger partial charge < -0.3 is 5.32 Å². The zero-order valence-electron chi connectivity index (χ0n) is 12.1. The van der Waals surface area contributed by atoms with Crippen LogP contribution in [0.5, 0.6) is 0 Å². The van der Waals surface area contributed by atoms with E-state index in [0.29, 0.717) is 22.1 Å². The van der Waals surface area contributed by atoms with Crippen LogP contribution in [0.1, 0.15) is 17.1 Å². The van der Waals surface area contributed by atoms with Crippen molar-refractivity contribution in [2.24, 2.45) is 0 Å². The van der Waals surface area contributed by atoms with Crippen LogP contribution in [0.3, 0.4) is 0 Å². The molecule has 0 unspecified atom stereocenters. The Bertz CT molecular complexity index is 758. The highest BCUT2D eigenvalue weighted by molar-refractivity contribution is 8.00. The minimum Gasteiger partial charge on any atom is -0.323 e. The number of aryl methyl sites for hydroxylation is 2. The van der Waals surface area contributed by atoms with Crippen LogP contribution in [0.2, 0.25) is 0 Å². The summed E-state index contributed by atoms with van der Waals surface area (Å²) in [7, 11) is 0. The van der Waals surface area contributed by atoms with E-state index in [1.54, 1.807) is 26.0 Å². The van der Waals surface area contributed by atoms with Gasteiger partial charge in [-0.25, -0.2) is 14.4 Å². The van der Waals surface area contributed by atoms with Gasteiger partial charge in [-0.3, -0.25) is 4.79 Å². The van der Waals surface area contributed by atoms with Gasteiger partial charge in [0.05, 0.1) is 17.1 Å². The monoisotopic (exact) mass is 316 g/mol. The van der Waals surface area contributed by atoms with Gasteiger partial charge in [-0.2, -0.15) is 5.26 Å². The molecule has 0 aliphatic carbocycles. The molecule has 2 rings (SSSR count). The Kier molecular flexibility index (Phi) is 5.07. The van der Waals surface area contributed by atoms with E-state index in [1.807, 2.05) is 6.07 Å². The molecule has 0 bridgehead atoms. The molecule has 1 heterocycles. The fraction of sp³-hybridized carbons (Fsp3) is 0.200. The van der Waals surface area contributed by atoms with E-state index in [-0.39, 0.29) is 17.3 Å². The molecule has 2 aromatic rings. The van der Waals surface area contributed by atoms with Crippen LogP contribution in [0.25, 0.3) is 0 Å². The largest absolute Gasteiger partial charge is 0.323 e. The molecular formula is C15H13FN4OS. The van der Waals surface area contributed by atoms with Gasteiger partial charge in [-0.15, -0.1) is 0 Å². The summed E-state index contributed by atoms with van der Waals surface area (Å²) in [6, 6.07) is 7.97. The standard InChI is InChI=1S/C15H13FN4OS/c1-9-11(7-17)15(19-10(2)18-9)22-8-14(21)20-13-6-4-3-5-12(13)16/h3-6H,8H2,1-2H3,(H,20,21). The van der Waals surface area contributed by atoms with Crippen molar-refractivity contribution in [1.29, 1.82) is 5.26 Å². The number of para-hydroxylation sites is 1. The van der Waals surface area contributed by atoms with E-state index in [4.69, 9.17) is 5.26 Å². The summed E-state index contributed by atoms with van der Waals surface area (Å²) in [5, 5.41) is 12.1. The summed E-state index contributed by atoms with van der Waals surface area (Å²) in [5.41, 5.74) is 1.06. The van der Waals surface area contributed by atoms with Gasteiger partial charge in [0.25, 0.3) is 0 Å². The number of thioether (sulfide) groups is 1. The molecule has 0 aliphatic heterocycles. The molecule has 0 spiro atoms. The molecular weight excluding hydrogens is 303 g/mol. The predicted octanol–water partition coefficient (Wildman–Crippen LogP) is 2.84. The van der Waals surface area contributed by atoms with Gasteiger partial charge in [-0.1, -0.05) is 23.9 Å². The van der Waals surface area contributed by atoms with Crippen molar-refractivity contribution in [3.63, 3.8) is 0 Å². The van der Waals surface area contributed by atoms with Gasteiger partial charge in [0.1, 0.15) is 28.3 Å². The third-order valence-corrected chi connectivity index (χ3v) is 3.74. The highest BCUT2D eigenvalue weighted by Gasteiger charge is 2.13. The lowest BCUT2D eigenvalue weighted by molar-refractivity contribution is -0.113. The SMILES string of the molecule is Cc1nc(C)c(C#N)c(SCC(=O)Nc2ccccc2F)n1. The van der Waals surface area contributed by atoms with Gasteiger partial charge in [0.15, 0.2) is 0 Å². The van der Waals surface area contributed by atoms with Gasteiger partial charge >= 0.3 is 0 Å². The second kappa shape index (κ2) is 7.00. The van der Waals surface area contributed by atoms with E-state index < -0.39 is 5.82 Å². The lowest BCUT2D eigenvalue weighted by Gasteiger charge is -2.08. The zero-order chi connectivity index (χ0) is 16.1. The maximum absolute atomic E-state index is 13.5. The molecule has 1 aromatic carbocycles. The molecule has 22 heavy (non-hydrogen) atoms. The maximum atomic E-state index is 13.5. The number of carbonyl (C=O) groups is 1. The zero-order valence-corrected chi connectivity index (χ0v) is 12.9. The Labute approximate surface area is 131 Å². The van der Waals surface area contributed by atoms with Crippen molar-refractivity contribution < 1.29 is 9.18 Å². The fourth-order valence-electron chi connectivity index (χ4n) is 1.80. The molecule has 7 heteroatoms. The molecule has 112 valence electrons. The molecule has 0 aliphatic rings. The van der Waals surface area contributed by atoms with Crippen LogP contribution in [0.15, 0.2) is 29.3 Å². The number of rotatable bonds is 4. The summed E-state index contributed by atoms with van der Waals surface area (Å²) < 4.78 is 13.5. The van der Waals surface area contributed by atoms with Crippen LogP contribution in [0.4, 0.5) is 10.1 Å². The van der Waals surface area contributed by atoms with Crippen LogP contribution >= 0.6 is 11.8 Å². The second-order valence-corrected chi connectivity index (χ2v) is 5.43. The average Bonchev–Trinajstić information content (AvgIpc) is 2.47. The normalized spacial score (nSPS) is 10.1. The fourth-order valence-corrected chi connectivity index (χ4v) is 2.67. The number of hydrogen-bond acceptors (Lipinski definition) is 5. The Morgan fingerprint density at radius 1 is 1.36 bits per heavy atom. The van der Waals surface area contributed by atoms with Crippen molar-refractivity contribution >= 4 is 23.4 Å². The molecule has 0 radical (unpaired) electrons. The number of benzene rings is 1. The van der Waals surface area contributed by atoms with E-state index in [2.05, 4.69) is 15.3 Å². The van der Waals surface area contributed by atoms with Crippen molar-refractivity contribution in [2.75, 3.05) is 11.1 Å². The Hall–Kier alpha value is -2.46. The molecule has 5 nitrogen and oxygen atoms in total. The van der Waals surface area contributed by atoms with Crippen molar-refractivity contribution in [1.82, 2.24) is 9.97 Å². The van der Waals surface area contributed by atoms with E-state index in [9.17, 15) is 9.18 Å². The van der Waals surface area contributed by atoms with Gasteiger partial charge in [0.2, 0.25) is 5.91 Å². The molecule has 0 saturated heterocycles. The topological polar surface area (TPSA) is 78.7 Å². The third-order valence-electron chi connectivity index (χ3n) is 2.77. The Balaban J connectivity index is 2.06. The smallest absolute Gasteiger partial charge is 0.234 e. The van der Waals surface area contributed by atoms with Crippen molar-refractivity contribution in [2.45, 2.75) is 18.9 Å². The maximum Gasteiger partial charge on any atom is 0.234 e. The van der Waals surface area contributed by atoms with E-state index in [0.717, 1.165) is 11.8 Å². The third kappa shape index (κ3) is 3.80. The van der Waals surface area contributed by atoms with E-state index in [1.165, 1.54) is 12.1 Å². The minimum atomic E-state index is -0.493. The summed E-state index contributed by atoms with van der Waals surface area (Å²) in [4.78, 5) is 20.2. The van der Waals surface area contributed by atoms with Gasteiger partial charge in [0, 0.05) is 0 Å². The van der Waals surface area contributed by atoms with E-state index >= 15 is 0 Å². The van der Waals surface area contributed by atoms with Crippen molar-refractivity contribution in [3.05, 3.63) is 47.2 Å². The Morgan fingerprint density at radius 2 is 2.09 bits per heavy atom. The number of amides is 1. The summed E-state index contributed by atoms with van der Waals surface area (Å²) in [6.07, 6.45) is 0. The molecule has 0 atom stereocenters. The first-order valence-electron chi connectivity index (χ1n) is 6.43. The highest BCUT2D eigenvalue weighted by Crippen LogP contribution is 2.22.